The highest BCUT2D eigenvalue weighted by Crippen LogP contribution is 2.29. The van der Waals surface area contributed by atoms with Gasteiger partial charge in [0.15, 0.2) is 0 Å². The molecule has 0 aliphatic carbocycles. The van der Waals surface area contributed by atoms with Gasteiger partial charge in [-0.05, 0) is 25.1 Å². The van der Waals surface area contributed by atoms with E-state index in [0.29, 0.717) is 22.8 Å². The Balaban J connectivity index is 1.57. The van der Waals surface area contributed by atoms with E-state index in [0.717, 1.165) is 5.56 Å². The fraction of sp³-hybridized carbons (Fsp3) is 0.208. The summed E-state index contributed by atoms with van der Waals surface area (Å²) in [4.78, 5) is 37.6. The molecule has 0 spiro atoms. The van der Waals surface area contributed by atoms with Gasteiger partial charge in [0.05, 0.1) is 42.1 Å². The highest BCUT2D eigenvalue weighted by atomic mass is 19.1. The number of carbonyl (C=O) groups is 2. The number of hydrogen-bond donors (Lipinski definition) is 1. The highest BCUT2D eigenvalue weighted by Gasteiger charge is 2.32. The van der Waals surface area contributed by atoms with Gasteiger partial charge in [-0.25, -0.2) is 14.2 Å². The number of amides is 2. The molecule has 34 heavy (non-hydrogen) atoms. The van der Waals surface area contributed by atoms with Gasteiger partial charge in [-0.15, -0.1) is 0 Å². The predicted molar refractivity (Wildman–Crippen MR) is 126 cm³/mol. The van der Waals surface area contributed by atoms with Crippen LogP contribution in [-0.4, -0.2) is 51.4 Å². The average Bonchev–Trinajstić information content (AvgIpc) is 3.40. The number of halogens is 1. The summed E-state index contributed by atoms with van der Waals surface area (Å²) < 4.78 is 22.0. The number of aliphatic imine (C=N–C) groups is 1. The fourth-order valence-corrected chi connectivity index (χ4v) is 3.54. The second kappa shape index (κ2) is 9.65. The second-order valence-corrected chi connectivity index (χ2v) is 7.69. The number of cyclic esters (lactones) is 1. The molecule has 9 nitrogen and oxygen atoms in total. The van der Waals surface area contributed by atoms with Crippen LogP contribution >= 0.6 is 0 Å². The Kier molecular flexibility index (Phi) is 6.48. The smallest absolute Gasteiger partial charge is 0.414 e. The van der Waals surface area contributed by atoms with Crippen molar-refractivity contribution < 1.29 is 18.7 Å². The number of ether oxygens (including phenoxy) is 1. The van der Waals surface area contributed by atoms with Crippen LogP contribution in [0, 0.1) is 5.82 Å². The van der Waals surface area contributed by atoms with Gasteiger partial charge in [0.2, 0.25) is 5.91 Å². The van der Waals surface area contributed by atoms with E-state index in [1.54, 1.807) is 53.8 Å². The van der Waals surface area contributed by atoms with E-state index in [2.05, 4.69) is 26.9 Å². The minimum atomic E-state index is -0.589. The molecule has 2 aromatic heterocycles. The Hall–Kier alpha value is -4.34. The summed E-state index contributed by atoms with van der Waals surface area (Å²) in [5, 5.41) is 2.61. The van der Waals surface area contributed by atoms with Crippen LogP contribution in [0.15, 0.2) is 60.8 Å². The molecular formula is C24H23FN6O3. The van der Waals surface area contributed by atoms with Gasteiger partial charge in [0, 0.05) is 37.3 Å². The number of nitrogens with one attached hydrogen (secondary N) is 1. The molecule has 3 aromatic rings. The molecule has 1 saturated heterocycles. The van der Waals surface area contributed by atoms with Gasteiger partial charge < -0.3 is 14.6 Å². The maximum absolute atomic E-state index is 15.1. The normalized spacial score (nSPS) is 15.9. The van der Waals surface area contributed by atoms with Crippen LogP contribution in [-0.2, 0) is 9.53 Å². The number of carbonyl (C=O) groups excluding carboxylic acids is 2. The molecule has 10 heteroatoms. The number of aromatic nitrogens is 3. The van der Waals surface area contributed by atoms with Gasteiger partial charge in [-0.2, -0.15) is 0 Å². The zero-order chi connectivity index (χ0) is 24.2. The molecule has 1 N–H and O–H groups in total. The molecule has 1 aliphatic rings. The Morgan fingerprint density at radius 1 is 1.35 bits per heavy atom. The molecule has 3 heterocycles. The molecule has 1 aromatic carbocycles. The van der Waals surface area contributed by atoms with E-state index in [4.69, 9.17) is 4.74 Å². The molecule has 1 unspecified atom stereocenters. The van der Waals surface area contributed by atoms with Gasteiger partial charge in [0.25, 0.3) is 0 Å². The Bertz CT molecular complexity index is 1270. The highest BCUT2D eigenvalue weighted by molar-refractivity contribution is 5.98. The number of benzene rings is 1. The van der Waals surface area contributed by atoms with Crippen LogP contribution in [0.2, 0.25) is 0 Å². The van der Waals surface area contributed by atoms with Crippen LogP contribution in [0.25, 0.3) is 11.8 Å². The van der Waals surface area contributed by atoms with E-state index >= 15 is 4.39 Å². The van der Waals surface area contributed by atoms with Crippen molar-refractivity contribution in [3.63, 3.8) is 0 Å². The van der Waals surface area contributed by atoms with Crippen LogP contribution in [0.5, 0.6) is 0 Å². The van der Waals surface area contributed by atoms with E-state index in [9.17, 15) is 9.59 Å². The molecule has 1 fully saturated rings. The van der Waals surface area contributed by atoms with Crippen molar-refractivity contribution in [1.82, 2.24) is 19.9 Å². The van der Waals surface area contributed by atoms with Crippen molar-refractivity contribution in [1.29, 1.82) is 0 Å². The summed E-state index contributed by atoms with van der Waals surface area (Å²) in [6.07, 6.45) is 8.75. The monoisotopic (exact) mass is 462 g/mol. The summed E-state index contributed by atoms with van der Waals surface area (Å²) in [5.41, 5.74) is 3.26. The lowest BCUT2D eigenvalue weighted by molar-refractivity contribution is -0.119. The largest absolute Gasteiger partial charge is 0.442 e. The average molecular weight is 462 g/mol. The SMILES string of the molecule is C=Cc1cn(-c2ccc(N3CC(CNC(C)=O)OC3=O)cc2F)cc1N=C(C)c1cnccn1. The Morgan fingerprint density at radius 2 is 2.18 bits per heavy atom. The first-order valence-electron chi connectivity index (χ1n) is 10.5. The number of rotatable bonds is 7. The maximum Gasteiger partial charge on any atom is 0.414 e. The Morgan fingerprint density at radius 3 is 2.85 bits per heavy atom. The van der Waals surface area contributed by atoms with Crippen molar-refractivity contribution in [2.24, 2.45) is 4.99 Å². The first kappa shape index (κ1) is 22.8. The Labute approximate surface area is 195 Å². The summed E-state index contributed by atoms with van der Waals surface area (Å²) in [6.45, 7) is 7.43. The predicted octanol–water partition coefficient (Wildman–Crippen LogP) is 3.65. The zero-order valence-corrected chi connectivity index (χ0v) is 18.7. The minimum absolute atomic E-state index is 0.198. The molecule has 4 rings (SSSR count). The zero-order valence-electron chi connectivity index (χ0n) is 18.7. The van der Waals surface area contributed by atoms with Gasteiger partial charge in [-0.3, -0.25) is 19.7 Å². The maximum atomic E-state index is 15.1. The molecule has 174 valence electrons. The fourth-order valence-electron chi connectivity index (χ4n) is 3.54. The summed E-state index contributed by atoms with van der Waals surface area (Å²) in [6, 6.07) is 4.50. The lowest BCUT2D eigenvalue weighted by Crippen LogP contribution is -2.33. The first-order chi connectivity index (χ1) is 16.4. The second-order valence-electron chi connectivity index (χ2n) is 7.69. The molecule has 1 atom stereocenters. The van der Waals surface area contributed by atoms with Crippen LogP contribution < -0.4 is 10.2 Å². The third-order valence-corrected chi connectivity index (χ3v) is 5.25. The molecule has 0 radical (unpaired) electrons. The summed E-state index contributed by atoms with van der Waals surface area (Å²) >= 11 is 0. The van der Waals surface area contributed by atoms with Crippen molar-refractivity contribution in [2.45, 2.75) is 20.0 Å². The molecule has 0 bridgehead atoms. The van der Waals surface area contributed by atoms with Crippen LogP contribution in [0.3, 0.4) is 0 Å². The van der Waals surface area contributed by atoms with Crippen molar-refractivity contribution in [3.8, 4) is 5.69 Å². The number of nitrogens with zero attached hydrogens (tertiary/aromatic N) is 5. The molecule has 1 aliphatic heterocycles. The van der Waals surface area contributed by atoms with Crippen LogP contribution in [0.4, 0.5) is 20.6 Å². The lowest BCUT2D eigenvalue weighted by Gasteiger charge is -2.14. The van der Waals surface area contributed by atoms with E-state index < -0.39 is 18.0 Å². The summed E-state index contributed by atoms with van der Waals surface area (Å²) in [5.74, 6) is -0.742. The van der Waals surface area contributed by atoms with Crippen LogP contribution in [0.1, 0.15) is 25.1 Å². The first-order valence-corrected chi connectivity index (χ1v) is 10.5. The third kappa shape index (κ3) is 4.85. The van der Waals surface area contributed by atoms with E-state index in [-0.39, 0.29) is 24.7 Å². The molecular weight excluding hydrogens is 439 g/mol. The van der Waals surface area contributed by atoms with E-state index in [1.807, 2.05) is 6.92 Å². The topological polar surface area (TPSA) is 102 Å². The lowest BCUT2D eigenvalue weighted by atomic mass is 10.2. The van der Waals surface area contributed by atoms with Crippen molar-refractivity contribution >= 4 is 35.2 Å². The quantitative estimate of drug-likeness (QED) is 0.540. The standard InChI is InChI=1S/C24H23FN6O3/c1-4-17-12-30(14-22(17)29-15(2)21-11-26-7-8-27-21)23-6-5-18(9-20(23)25)31-13-19(34-24(31)33)10-28-16(3)32/h4-9,11-12,14,19H,1,10,13H2,2-3H3,(H,28,32). The minimum Gasteiger partial charge on any atom is -0.442 e. The third-order valence-electron chi connectivity index (χ3n) is 5.25. The van der Waals surface area contributed by atoms with Crippen molar-refractivity contribution in [3.05, 3.63) is 72.8 Å². The molecule has 2 amide bonds. The van der Waals surface area contributed by atoms with Crippen molar-refractivity contribution in [2.75, 3.05) is 18.0 Å². The van der Waals surface area contributed by atoms with E-state index in [1.165, 1.54) is 17.9 Å². The van der Waals surface area contributed by atoms with Gasteiger partial charge in [0.1, 0.15) is 17.6 Å². The summed E-state index contributed by atoms with van der Waals surface area (Å²) in [7, 11) is 0. The number of anilines is 1. The van der Waals surface area contributed by atoms with Gasteiger partial charge >= 0.3 is 6.09 Å². The molecule has 0 saturated carbocycles. The number of hydrogen-bond acceptors (Lipinski definition) is 6. The van der Waals surface area contributed by atoms with Gasteiger partial charge in [-0.1, -0.05) is 12.7 Å².